The van der Waals surface area contributed by atoms with E-state index in [1.807, 2.05) is 0 Å². The molecule has 0 fully saturated rings. The molecule has 0 amide bonds. The Bertz CT molecular complexity index is 276. The Morgan fingerprint density at radius 2 is 1.50 bits per heavy atom. The van der Waals surface area contributed by atoms with Crippen LogP contribution in [0.1, 0.15) is 6.92 Å². The number of halogens is 8. The van der Waals surface area contributed by atoms with Gasteiger partial charge >= 0.3 is 12.4 Å². The highest BCUT2D eigenvalue weighted by molar-refractivity contribution is 9.12. The van der Waals surface area contributed by atoms with Crippen LogP contribution in [0.4, 0.5) is 26.3 Å². The fraction of sp³-hybridized carbons (Fsp3) is 0.875. The van der Waals surface area contributed by atoms with Gasteiger partial charge in [0, 0.05) is 6.61 Å². The summed E-state index contributed by atoms with van der Waals surface area (Å²) in [5.41, 5.74) is 0. The number of carbonyl (C=O) groups excluding carboxylic acids is 1. The van der Waals surface area contributed by atoms with Crippen molar-refractivity contribution in [1.82, 2.24) is 0 Å². The molecule has 108 valence electrons. The predicted molar refractivity (Wildman–Crippen MR) is 57.7 cm³/mol. The second kappa shape index (κ2) is 6.56. The van der Waals surface area contributed by atoms with Gasteiger partial charge in [0.1, 0.15) is 9.84 Å². The zero-order chi connectivity index (χ0) is 14.7. The second-order valence-corrected chi connectivity index (χ2v) is 5.02. The molecule has 0 rings (SSSR count). The number of hydrogen-bond donors (Lipinski definition) is 0. The number of ketones is 1. The van der Waals surface area contributed by atoms with Crippen molar-refractivity contribution >= 4 is 37.6 Å². The van der Waals surface area contributed by atoms with Crippen molar-refractivity contribution in [2.45, 2.75) is 29.1 Å². The molecule has 0 heterocycles. The van der Waals surface area contributed by atoms with Gasteiger partial charge in [-0.2, -0.15) is 26.3 Å². The Hall–Kier alpha value is 0.170. The highest BCUT2D eigenvalue weighted by Crippen LogP contribution is 2.41. The standard InChI is InChI=1S/C8H8Br2F6O2/c1-2-18-6(10)3(9)4(17)5(7(11,12)13)8(14,15)16/h3,5-6H,2H2,1H3/t3-,6+/m0/s1. The lowest BCUT2D eigenvalue weighted by molar-refractivity contribution is -0.273. The lowest BCUT2D eigenvalue weighted by atomic mass is 10.0. The smallest absolute Gasteiger partial charge is 0.366 e. The van der Waals surface area contributed by atoms with Crippen LogP contribution in [-0.2, 0) is 9.53 Å². The Balaban J connectivity index is 5.11. The zero-order valence-electron chi connectivity index (χ0n) is 8.78. The molecular formula is C8H8Br2F6O2. The van der Waals surface area contributed by atoms with Crippen molar-refractivity contribution < 1.29 is 35.9 Å². The predicted octanol–water partition coefficient (Wildman–Crippen LogP) is 3.82. The molecule has 2 atom stereocenters. The SMILES string of the molecule is CCO[C@@H](Br)[C@@H](Br)C(=O)C(C(F)(F)F)C(F)(F)F. The molecule has 0 aromatic heterocycles. The molecule has 0 bridgehead atoms. The summed E-state index contributed by atoms with van der Waals surface area (Å²) in [4.78, 5) is 9.50. The molecule has 0 aliphatic carbocycles. The first-order valence-corrected chi connectivity index (χ1v) is 6.33. The van der Waals surface area contributed by atoms with E-state index in [9.17, 15) is 31.1 Å². The second-order valence-electron chi connectivity index (χ2n) is 3.13. The van der Waals surface area contributed by atoms with Crippen molar-refractivity contribution in [3.63, 3.8) is 0 Å². The maximum Gasteiger partial charge on any atom is 0.407 e. The van der Waals surface area contributed by atoms with Crippen LogP contribution in [0.5, 0.6) is 0 Å². The number of carbonyl (C=O) groups is 1. The van der Waals surface area contributed by atoms with E-state index >= 15 is 0 Å². The number of alkyl halides is 8. The van der Waals surface area contributed by atoms with Crippen LogP contribution in [0.25, 0.3) is 0 Å². The fourth-order valence-corrected chi connectivity index (χ4v) is 1.98. The van der Waals surface area contributed by atoms with Crippen LogP contribution in [-0.4, -0.2) is 34.6 Å². The van der Waals surface area contributed by atoms with Gasteiger partial charge in [-0.3, -0.25) is 4.79 Å². The third kappa shape index (κ3) is 5.04. The first-order chi connectivity index (χ1) is 7.92. The van der Waals surface area contributed by atoms with Crippen LogP contribution in [0.15, 0.2) is 0 Å². The van der Waals surface area contributed by atoms with Gasteiger partial charge in [0.15, 0.2) is 5.78 Å². The maximum atomic E-state index is 12.3. The van der Waals surface area contributed by atoms with Crippen molar-refractivity contribution in [2.24, 2.45) is 5.92 Å². The summed E-state index contributed by atoms with van der Waals surface area (Å²) in [6.45, 7) is 1.50. The lowest BCUT2D eigenvalue weighted by Gasteiger charge is -2.25. The Morgan fingerprint density at radius 3 is 1.78 bits per heavy atom. The van der Waals surface area contributed by atoms with Gasteiger partial charge in [0.05, 0.1) is 0 Å². The quantitative estimate of drug-likeness (QED) is 0.509. The molecule has 0 spiro atoms. The van der Waals surface area contributed by atoms with Gasteiger partial charge < -0.3 is 4.74 Å². The average molecular weight is 410 g/mol. The number of hydrogen-bond acceptors (Lipinski definition) is 2. The topological polar surface area (TPSA) is 26.3 Å². The third-order valence-corrected chi connectivity index (χ3v) is 4.20. The lowest BCUT2D eigenvalue weighted by Crippen LogP contribution is -2.47. The molecule has 0 aliphatic heterocycles. The zero-order valence-corrected chi connectivity index (χ0v) is 12.0. The minimum absolute atomic E-state index is 0.0218. The first-order valence-electron chi connectivity index (χ1n) is 4.49. The van der Waals surface area contributed by atoms with Crippen LogP contribution in [0, 0.1) is 5.92 Å². The number of rotatable bonds is 5. The molecular weight excluding hydrogens is 402 g/mol. The normalized spacial score (nSPS) is 16.8. The van der Waals surface area contributed by atoms with E-state index in [0.717, 1.165) is 0 Å². The van der Waals surface area contributed by atoms with E-state index in [-0.39, 0.29) is 6.61 Å². The molecule has 0 saturated heterocycles. The van der Waals surface area contributed by atoms with E-state index in [4.69, 9.17) is 4.74 Å². The highest BCUT2D eigenvalue weighted by Gasteiger charge is 2.62. The average Bonchev–Trinajstić information content (AvgIpc) is 2.12. The molecule has 0 aromatic carbocycles. The number of Topliss-reactive ketones (excluding diaryl/α,β-unsaturated/α-hetero) is 1. The Kier molecular flexibility index (Phi) is 6.62. The molecule has 0 aliphatic rings. The molecule has 0 saturated carbocycles. The molecule has 0 unspecified atom stereocenters. The van der Waals surface area contributed by atoms with Gasteiger partial charge in [0.2, 0.25) is 5.92 Å². The summed E-state index contributed by atoms with van der Waals surface area (Å²) < 4.78 is 78.3. The van der Waals surface area contributed by atoms with Crippen LogP contribution < -0.4 is 0 Å². The van der Waals surface area contributed by atoms with Crippen LogP contribution >= 0.6 is 31.9 Å². The first kappa shape index (κ1) is 18.2. The monoisotopic (exact) mass is 408 g/mol. The van der Waals surface area contributed by atoms with Crippen molar-refractivity contribution in [1.29, 1.82) is 0 Å². The summed E-state index contributed by atoms with van der Waals surface area (Å²) in [7, 11) is 0. The minimum Gasteiger partial charge on any atom is -0.366 e. The largest absolute Gasteiger partial charge is 0.407 e. The van der Waals surface area contributed by atoms with Crippen LogP contribution in [0.2, 0.25) is 0 Å². The molecule has 10 heteroatoms. The van der Waals surface area contributed by atoms with E-state index < -0.39 is 33.9 Å². The maximum absolute atomic E-state index is 12.3. The fourth-order valence-electron chi connectivity index (χ4n) is 1.04. The van der Waals surface area contributed by atoms with Gasteiger partial charge in [-0.15, -0.1) is 0 Å². The van der Waals surface area contributed by atoms with Gasteiger partial charge in [0.25, 0.3) is 0 Å². The van der Waals surface area contributed by atoms with E-state index in [0.29, 0.717) is 0 Å². The molecule has 0 aromatic rings. The Morgan fingerprint density at radius 1 is 1.11 bits per heavy atom. The van der Waals surface area contributed by atoms with E-state index in [2.05, 4.69) is 31.9 Å². The highest BCUT2D eigenvalue weighted by atomic mass is 79.9. The summed E-state index contributed by atoms with van der Waals surface area (Å²) >= 11 is 5.16. The number of ether oxygens (including phenoxy) is 1. The third-order valence-electron chi connectivity index (χ3n) is 1.77. The molecule has 0 radical (unpaired) electrons. The molecule has 0 N–H and O–H groups in total. The summed E-state index contributed by atoms with van der Waals surface area (Å²) in [6, 6.07) is 0. The van der Waals surface area contributed by atoms with E-state index in [1.165, 1.54) is 6.92 Å². The minimum atomic E-state index is -5.69. The summed E-state index contributed by atoms with van der Waals surface area (Å²) in [5.74, 6) is -6.08. The van der Waals surface area contributed by atoms with Crippen molar-refractivity contribution in [2.75, 3.05) is 6.61 Å². The summed E-state index contributed by atoms with van der Waals surface area (Å²) in [5, 5.41) is -1.28. The van der Waals surface area contributed by atoms with Gasteiger partial charge in [-0.05, 0) is 6.92 Å². The molecule has 18 heavy (non-hydrogen) atoms. The van der Waals surface area contributed by atoms with Crippen molar-refractivity contribution in [3.8, 4) is 0 Å². The summed E-state index contributed by atoms with van der Waals surface area (Å²) in [6.07, 6.45) is -11.4. The van der Waals surface area contributed by atoms with E-state index in [1.54, 1.807) is 0 Å². The van der Waals surface area contributed by atoms with Gasteiger partial charge in [-0.1, -0.05) is 31.9 Å². The van der Waals surface area contributed by atoms with Crippen LogP contribution in [0.3, 0.4) is 0 Å². The van der Waals surface area contributed by atoms with Gasteiger partial charge in [-0.25, -0.2) is 0 Å². The molecule has 2 nitrogen and oxygen atoms in total. The van der Waals surface area contributed by atoms with Crippen molar-refractivity contribution in [3.05, 3.63) is 0 Å². The Labute approximate surface area is 115 Å².